The van der Waals surface area contributed by atoms with E-state index in [0.29, 0.717) is 53.7 Å². The van der Waals surface area contributed by atoms with Crippen LogP contribution in [0.5, 0.6) is 11.5 Å². The molecule has 2 aliphatic heterocycles. The second kappa shape index (κ2) is 18.3. The van der Waals surface area contributed by atoms with Crippen LogP contribution in [0.4, 0.5) is 17.1 Å². The third kappa shape index (κ3) is 9.11. The molecule has 1 amide bonds. The Morgan fingerprint density at radius 1 is 0.952 bits per heavy atom. The number of imidazole rings is 1. The Hall–Kier alpha value is -6.40. The summed E-state index contributed by atoms with van der Waals surface area (Å²) < 4.78 is 43.5. The van der Waals surface area contributed by atoms with Crippen molar-refractivity contribution < 1.29 is 33.3 Å². The van der Waals surface area contributed by atoms with Gasteiger partial charge in [-0.15, -0.1) is 0 Å². The molecule has 0 bridgehead atoms. The average Bonchev–Trinajstić information content (AvgIpc) is 3.91. The number of aromatic amines is 1. The number of nitrogens with one attached hydrogen (secondary N) is 4. The van der Waals surface area contributed by atoms with Crippen LogP contribution in [0.15, 0.2) is 108 Å². The minimum absolute atomic E-state index is 0. The van der Waals surface area contributed by atoms with Crippen molar-refractivity contribution in [2.24, 2.45) is 11.8 Å². The summed E-state index contributed by atoms with van der Waals surface area (Å²) in [5, 5.41) is 6.54. The van der Waals surface area contributed by atoms with Crippen molar-refractivity contribution in [1.29, 1.82) is 0 Å². The Morgan fingerprint density at radius 3 is 2.55 bits per heavy atom. The van der Waals surface area contributed by atoms with Gasteiger partial charge in [0.25, 0.3) is 21.6 Å². The van der Waals surface area contributed by atoms with Gasteiger partial charge in [-0.05, 0) is 110 Å². The fourth-order valence-corrected chi connectivity index (χ4v) is 9.15. The van der Waals surface area contributed by atoms with Gasteiger partial charge < -0.3 is 34.7 Å². The average molecular weight is 878 g/mol. The number of fused-ring (bicyclic) bond motifs is 2. The molecule has 0 saturated carbocycles. The summed E-state index contributed by atoms with van der Waals surface area (Å²) in [6, 6.07) is 24.4. The molecule has 320 valence electrons. The Labute approximate surface area is 362 Å². The van der Waals surface area contributed by atoms with Crippen molar-refractivity contribution >= 4 is 66.8 Å². The third-order valence-electron chi connectivity index (χ3n) is 11.4. The maximum Gasteiger partial charge on any atom is 0.277 e. The summed E-state index contributed by atoms with van der Waals surface area (Å²) in [4.78, 5) is 44.9. The first-order valence-electron chi connectivity index (χ1n) is 20.2. The normalized spacial score (nSPS) is 15.0. The number of rotatable bonds is 13. The first-order valence-corrected chi connectivity index (χ1v) is 22.0. The van der Waals surface area contributed by atoms with E-state index in [1.807, 2.05) is 47.6 Å². The van der Waals surface area contributed by atoms with Crippen LogP contribution >= 0.6 is 11.6 Å². The van der Waals surface area contributed by atoms with Gasteiger partial charge in [0.05, 0.1) is 16.7 Å². The molecule has 5 N–H and O–H groups in total. The number of carbonyl (C=O) groups excluding carboxylic acids is 1. The minimum Gasteiger partial charge on any atom is -0.870 e. The molecular formula is C44H44ClN9O7S. The van der Waals surface area contributed by atoms with Gasteiger partial charge in [0, 0.05) is 95.7 Å². The second-order valence-electron chi connectivity index (χ2n) is 15.4. The number of aromatic nitrogens is 5. The van der Waals surface area contributed by atoms with Gasteiger partial charge in [0.1, 0.15) is 34.2 Å². The number of hydrogen-bond donors (Lipinski definition) is 4. The topological polar surface area (TPSA) is 217 Å². The van der Waals surface area contributed by atoms with Crippen LogP contribution in [0.3, 0.4) is 0 Å². The van der Waals surface area contributed by atoms with Crippen LogP contribution in [0.25, 0.3) is 33.6 Å². The zero-order valence-corrected chi connectivity index (χ0v) is 35.0. The number of anilines is 2. The molecule has 18 heteroatoms. The van der Waals surface area contributed by atoms with Gasteiger partial charge in [0.2, 0.25) is 0 Å². The summed E-state index contributed by atoms with van der Waals surface area (Å²) >= 11 is 6.20. The number of ether oxygens (including phenoxy) is 2. The van der Waals surface area contributed by atoms with E-state index in [2.05, 4.69) is 34.5 Å². The van der Waals surface area contributed by atoms with Gasteiger partial charge in [0.15, 0.2) is 5.65 Å². The van der Waals surface area contributed by atoms with Gasteiger partial charge in [-0.2, -0.15) is 0 Å². The highest BCUT2D eigenvalue weighted by atomic mass is 35.5. The highest BCUT2D eigenvalue weighted by molar-refractivity contribution is 7.90. The predicted molar refractivity (Wildman–Crippen MR) is 235 cm³/mol. The number of halogens is 1. The number of H-pyrrole nitrogens is 1. The Morgan fingerprint density at radius 2 is 1.76 bits per heavy atom. The van der Waals surface area contributed by atoms with E-state index in [-0.39, 0.29) is 27.4 Å². The standard InChI is InChI=1S/C44H42ClN9O6S.H2O/c45-32-5-3-30(4-6-32)42-50-38-2-1-16-47-43(38)54(42)27-29-12-18-53(19-13-29)33-7-9-36(40(23-33)60-34-22-31-11-17-46-41(31)49-26-34)44(55)52-61(57,58)35-8-10-37(39(24-35)51-56)48-25-28-14-20-59-21-15-28;/h1-11,16-17,22-24,26,28-29,48H,12-15,18-21,25,27H2,(H,46,49)(H,52,55);1H2. The zero-order chi connectivity index (χ0) is 41.9. The Bertz CT molecular complexity index is 2840. The molecule has 2 fully saturated rings. The number of benzene rings is 3. The molecule has 7 aromatic rings. The van der Waals surface area contributed by atoms with E-state index in [1.54, 1.807) is 36.7 Å². The number of pyridine rings is 2. The lowest BCUT2D eigenvalue weighted by Crippen LogP contribution is -2.56. The van der Waals surface area contributed by atoms with E-state index >= 15 is 0 Å². The molecule has 62 heavy (non-hydrogen) atoms. The van der Waals surface area contributed by atoms with Crippen LogP contribution in [-0.4, -0.2) is 77.2 Å². The lowest BCUT2D eigenvalue weighted by Gasteiger charge is -2.34. The maximum absolute atomic E-state index is 13.9. The zero-order valence-electron chi connectivity index (χ0n) is 33.5. The predicted octanol–water partition coefficient (Wildman–Crippen LogP) is 6.60. The van der Waals surface area contributed by atoms with Crippen LogP contribution in [-0.2, 0) is 21.3 Å². The summed E-state index contributed by atoms with van der Waals surface area (Å²) in [7, 11) is -4.42. The molecule has 0 radical (unpaired) electrons. The molecule has 6 heterocycles. The molecule has 2 saturated heterocycles. The lowest BCUT2D eigenvalue weighted by atomic mass is 9.96. The number of piperidine rings is 1. The summed E-state index contributed by atoms with van der Waals surface area (Å²) in [5.41, 5.74) is 4.62. The van der Waals surface area contributed by atoms with Gasteiger partial charge in [-0.1, -0.05) is 11.6 Å². The largest absolute Gasteiger partial charge is 0.870 e. The monoisotopic (exact) mass is 877 g/mol. The second-order valence-corrected chi connectivity index (χ2v) is 17.5. The van der Waals surface area contributed by atoms with E-state index in [9.17, 15) is 18.1 Å². The Balaban J connectivity index is 0.00000529. The minimum atomic E-state index is -4.42. The van der Waals surface area contributed by atoms with E-state index in [1.165, 1.54) is 24.4 Å². The number of nitrogens with zero attached hydrogens (tertiary/aromatic N) is 5. The Kier molecular flexibility index (Phi) is 12.5. The SMILES string of the molecule is O=[NH+]c1cc(S(=O)(=O)NC(=O)c2ccc(N3CCC(Cn4c(-c5ccc(Cl)cc5)nc5cccnc54)CC3)cc2Oc2cnc3[nH]ccc3c2)ccc1NCC1CCOCC1.[OH-]. The van der Waals surface area contributed by atoms with Crippen LogP contribution < -0.4 is 24.9 Å². The van der Waals surface area contributed by atoms with E-state index in [4.69, 9.17) is 26.1 Å². The summed E-state index contributed by atoms with van der Waals surface area (Å²) in [5.74, 6) is 1.17. The van der Waals surface area contributed by atoms with E-state index in [0.717, 1.165) is 78.9 Å². The summed E-state index contributed by atoms with van der Waals surface area (Å²) in [6.45, 7) is 4.16. The molecule has 0 spiro atoms. The van der Waals surface area contributed by atoms with Crippen LogP contribution in [0, 0.1) is 16.7 Å². The number of hydrogen-bond acceptors (Lipinski definition) is 12. The maximum atomic E-state index is 13.9. The molecule has 3 aromatic carbocycles. The smallest absolute Gasteiger partial charge is 0.277 e. The lowest BCUT2D eigenvalue weighted by molar-refractivity contribution is -0.378. The van der Waals surface area contributed by atoms with Crippen molar-refractivity contribution in [3.8, 4) is 22.9 Å². The number of carbonyl (C=O) groups is 1. The highest BCUT2D eigenvalue weighted by Gasteiger charge is 2.27. The molecular weight excluding hydrogens is 834 g/mol. The van der Waals surface area contributed by atoms with Crippen molar-refractivity contribution in [3.05, 3.63) is 119 Å². The van der Waals surface area contributed by atoms with Crippen LogP contribution in [0.1, 0.15) is 36.0 Å². The quantitative estimate of drug-likeness (QED) is 0.0964. The fourth-order valence-electron chi connectivity index (χ4n) is 8.03. The first-order chi connectivity index (χ1) is 29.7. The van der Waals surface area contributed by atoms with Crippen LogP contribution in [0.2, 0.25) is 5.02 Å². The molecule has 0 unspecified atom stereocenters. The molecule has 9 rings (SSSR count). The number of sulfonamides is 1. The summed E-state index contributed by atoms with van der Waals surface area (Å²) in [6.07, 6.45) is 8.63. The van der Waals surface area contributed by atoms with Gasteiger partial charge in [-0.25, -0.2) is 28.1 Å². The highest BCUT2D eigenvalue weighted by Crippen LogP contribution is 2.35. The van der Waals surface area contributed by atoms with E-state index < -0.39 is 15.9 Å². The first kappa shape index (κ1) is 42.3. The number of nitroso groups, excluding NO2 is 1. The van der Waals surface area contributed by atoms with Crippen molar-refractivity contribution in [1.82, 2.24) is 29.2 Å². The molecule has 16 nitrogen and oxygen atoms in total. The molecule has 4 aromatic heterocycles. The van der Waals surface area contributed by atoms with Crippen molar-refractivity contribution in [2.75, 3.05) is 43.1 Å². The van der Waals surface area contributed by atoms with Crippen molar-refractivity contribution in [3.63, 3.8) is 0 Å². The molecule has 2 aliphatic rings. The van der Waals surface area contributed by atoms with Gasteiger partial charge >= 0.3 is 0 Å². The van der Waals surface area contributed by atoms with Crippen molar-refractivity contribution in [2.45, 2.75) is 37.1 Å². The molecule has 0 atom stereocenters. The fraction of sp³-hybridized carbons (Fsp3) is 0.273. The number of amides is 1. The van der Waals surface area contributed by atoms with Gasteiger partial charge in [-0.3, -0.25) is 4.79 Å². The molecule has 0 aliphatic carbocycles. The third-order valence-corrected chi connectivity index (χ3v) is 13.0.